The first-order valence-corrected chi connectivity index (χ1v) is 27.8. The number of amides is 1. The summed E-state index contributed by atoms with van der Waals surface area (Å²) in [5.74, 6) is -4.67. The van der Waals surface area contributed by atoms with Gasteiger partial charge in [-0.3, -0.25) is 27.6 Å². The number of rotatable bonds is 19. The molecule has 77 heavy (non-hydrogen) atoms. The smallest absolute Gasteiger partial charge is 0.297 e. The minimum Gasteiger partial charge on any atom is -0.507 e. The second kappa shape index (κ2) is 21.7. The van der Waals surface area contributed by atoms with Crippen molar-refractivity contribution in [3.05, 3.63) is 78.9 Å². The number of aromatic hydroxyl groups is 2. The van der Waals surface area contributed by atoms with Crippen LogP contribution in [0, 0.1) is 0 Å². The molecule has 6 aromatic rings. The Labute approximate surface area is 431 Å². The molecule has 0 saturated heterocycles. The fourth-order valence-corrected chi connectivity index (χ4v) is 10.2. The highest BCUT2D eigenvalue weighted by Gasteiger charge is 2.40. The summed E-state index contributed by atoms with van der Waals surface area (Å²) in [4.78, 5) is 8.37. The maximum Gasteiger partial charge on any atom is 0.297 e. The van der Waals surface area contributed by atoms with Crippen molar-refractivity contribution in [1.29, 1.82) is 0 Å². The molecule has 1 aliphatic rings. The van der Waals surface area contributed by atoms with E-state index in [1.807, 2.05) is 0 Å². The molecule has 0 aromatic heterocycles. The fourth-order valence-electron chi connectivity index (χ4n) is 7.08. The summed E-state index contributed by atoms with van der Waals surface area (Å²) in [5.41, 5.74) is -3.24. The molecule has 0 bridgehead atoms. The maximum absolute atomic E-state index is 13.5. The molecule has 0 spiro atoms. The van der Waals surface area contributed by atoms with Gasteiger partial charge in [0.1, 0.15) is 67.9 Å². The van der Waals surface area contributed by atoms with Gasteiger partial charge in [-0.1, -0.05) is 0 Å². The molecule has 37 heteroatoms. The van der Waals surface area contributed by atoms with Crippen LogP contribution in [-0.2, 0) is 60.1 Å². The number of hydrogen-bond acceptors (Lipinski definition) is 26. The topological polar surface area (TPSA) is 508 Å². The molecule has 0 aliphatic carbocycles. The molecule has 32 nitrogen and oxygen atoms in total. The molecule has 7 rings (SSSR count). The van der Waals surface area contributed by atoms with Crippen LogP contribution in [0.1, 0.15) is 0 Å². The van der Waals surface area contributed by atoms with Gasteiger partial charge in [0.05, 0.1) is 39.8 Å². The first kappa shape index (κ1) is 56.9. The van der Waals surface area contributed by atoms with E-state index in [1.165, 1.54) is 0 Å². The molecule has 408 valence electrons. The number of phenolic OH excluding ortho intramolecular Hbond substituents is 2. The molecule has 6 aromatic carbocycles. The summed E-state index contributed by atoms with van der Waals surface area (Å²) in [6, 6.07) is 8.98. The largest absolute Gasteiger partial charge is 0.507 e. The number of azo groups is 3. The predicted molar refractivity (Wildman–Crippen MR) is 258 cm³/mol. The van der Waals surface area contributed by atoms with Gasteiger partial charge in [-0.15, -0.1) is 25.6 Å². The number of carbonyl (C=O) groups excluding carboxylic acids is 1. The number of ether oxygens (including phenoxy) is 3. The highest BCUT2D eigenvalue weighted by Crippen LogP contribution is 2.48. The van der Waals surface area contributed by atoms with Gasteiger partial charge in [0.15, 0.2) is 12.5 Å². The van der Waals surface area contributed by atoms with Crippen molar-refractivity contribution in [3.8, 4) is 23.0 Å². The Hall–Kier alpha value is -7.79. The van der Waals surface area contributed by atoms with Crippen molar-refractivity contribution in [2.45, 2.75) is 30.5 Å². The third-order valence-corrected chi connectivity index (χ3v) is 14.7. The van der Waals surface area contributed by atoms with Gasteiger partial charge < -0.3 is 39.7 Å². The number of aliphatic hydroxyl groups is 3. The number of phenols is 2. The van der Waals surface area contributed by atoms with Gasteiger partial charge >= 0.3 is 0 Å². The first-order chi connectivity index (χ1) is 36.0. The summed E-state index contributed by atoms with van der Waals surface area (Å²) in [7, 11) is -26.0. The molecule has 1 aliphatic heterocycles. The van der Waals surface area contributed by atoms with E-state index in [4.69, 9.17) is 14.2 Å². The second-order valence-corrected chi connectivity index (χ2v) is 22.2. The van der Waals surface area contributed by atoms with Crippen LogP contribution < -0.4 is 14.5 Å². The van der Waals surface area contributed by atoms with Crippen LogP contribution in [0.5, 0.6) is 23.0 Å². The van der Waals surface area contributed by atoms with Gasteiger partial charge in [0, 0.05) is 34.4 Å². The van der Waals surface area contributed by atoms with Crippen molar-refractivity contribution < 1.29 is 109 Å². The number of carbonyl (C=O) groups is 1. The third-order valence-electron chi connectivity index (χ3n) is 10.3. The second-order valence-electron chi connectivity index (χ2n) is 15.2. The van der Waals surface area contributed by atoms with Crippen molar-refractivity contribution >= 4 is 118 Å². The minimum absolute atomic E-state index is 0.125. The number of nitrogens with zero attached hydrogens (tertiary/aromatic N) is 8. The lowest BCUT2D eigenvalue weighted by Gasteiger charge is -2.14. The van der Waals surface area contributed by atoms with Crippen molar-refractivity contribution in [2.75, 3.05) is 38.2 Å². The molecule has 1 amide bonds. The maximum atomic E-state index is 13.5. The van der Waals surface area contributed by atoms with Crippen molar-refractivity contribution in [1.82, 2.24) is 0 Å². The molecule has 0 fully saturated rings. The Bertz CT molecular complexity index is 4120. The van der Waals surface area contributed by atoms with E-state index in [2.05, 4.69) is 35.8 Å². The number of fused-ring (bicyclic) bond motifs is 2. The number of hydrogen-bond donors (Lipinski definition) is 10. The number of benzene rings is 6. The highest BCUT2D eigenvalue weighted by molar-refractivity contribution is 7.87. The normalized spacial score (nSPS) is 14.9. The standard InChI is InChI=1S/C40H34N8O24S5/c49-9-11-70-30-17-28(31(71-12-10-50)16-27(30)43-41-25-7-8-32(75(61,62)63)24-13-21(74(58,59)60)14-29(52)34(24)25)44-45-35-33(76(64,65)66)15-23-22(37(35)53)5-6-26(38(23)77(67,68)69)42-46-36-39(72-18-51)47-48(40(36)54)19-1-3-20(4-2-19)73(55,56)57/h1-8,13-17,36,49-53H,9-12,18H2,(H,55,56,57)(H,58,59,60)(H,61,62,63)(H,64,65,66)(H,67,68,69)/b43-41+,45-44+,46-42+. The Morgan fingerprint density at radius 3 is 1.62 bits per heavy atom. The monoisotopic (exact) mass is 1170 g/mol. The van der Waals surface area contributed by atoms with E-state index in [0.29, 0.717) is 23.2 Å². The van der Waals surface area contributed by atoms with Gasteiger partial charge in [-0.05, 0) is 60.7 Å². The Morgan fingerprint density at radius 1 is 0.532 bits per heavy atom. The molecule has 1 unspecified atom stereocenters. The Morgan fingerprint density at radius 2 is 1.09 bits per heavy atom. The van der Waals surface area contributed by atoms with Crippen molar-refractivity contribution in [3.63, 3.8) is 0 Å². The number of hydrazone groups is 1. The van der Waals surface area contributed by atoms with Crippen LogP contribution in [0.2, 0.25) is 0 Å². The third kappa shape index (κ3) is 12.3. The zero-order chi connectivity index (χ0) is 56.6. The zero-order valence-corrected chi connectivity index (χ0v) is 42.0. The van der Waals surface area contributed by atoms with E-state index >= 15 is 0 Å². The lowest BCUT2D eigenvalue weighted by molar-refractivity contribution is -0.118. The summed E-state index contributed by atoms with van der Waals surface area (Å²) < 4.78 is 189. The van der Waals surface area contributed by atoms with Gasteiger partial charge in [-0.2, -0.15) is 57.3 Å². The predicted octanol–water partition coefficient (Wildman–Crippen LogP) is 3.99. The van der Waals surface area contributed by atoms with Crippen molar-refractivity contribution in [2.24, 2.45) is 35.8 Å². The quantitative estimate of drug-likeness (QED) is 0.0311. The van der Waals surface area contributed by atoms with E-state index < -0.39 is 188 Å². The number of aliphatic hydroxyl groups excluding tert-OH is 3. The zero-order valence-electron chi connectivity index (χ0n) is 37.9. The van der Waals surface area contributed by atoms with Crippen LogP contribution >= 0.6 is 0 Å². The molecular formula is C40H34N8O24S5. The van der Waals surface area contributed by atoms with E-state index in [-0.39, 0.29) is 17.1 Å². The minimum atomic E-state index is -5.59. The van der Waals surface area contributed by atoms with Crippen LogP contribution in [0.15, 0.2) is 139 Å². The molecule has 1 heterocycles. The summed E-state index contributed by atoms with van der Waals surface area (Å²) >= 11 is 0. The van der Waals surface area contributed by atoms with Crippen LogP contribution in [0.4, 0.5) is 34.1 Å². The average molecular weight is 1170 g/mol. The molecule has 10 N–H and O–H groups in total. The lowest BCUT2D eigenvalue weighted by atomic mass is 10.1. The highest BCUT2D eigenvalue weighted by atomic mass is 32.2. The fraction of sp³-hybridized carbons (Fsp3) is 0.150. The summed E-state index contributed by atoms with van der Waals surface area (Å²) in [5, 5.41) is 76.0. The Kier molecular flexibility index (Phi) is 16.0. The van der Waals surface area contributed by atoms with E-state index in [1.54, 1.807) is 0 Å². The molecule has 0 saturated carbocycles. The molecule has 0 radical (unpaired) electrons. The van der Waals surface area contributed by atoms with Gasteiger partial charge in [0.25, 0.3) is 56.5 Å². The Balaban J connectivity index is 1.32. The lowest BCUT2D eigenvalue weighted by Crippen LogP contribution is -2.31. The van der Waals surface area contributed by atoms with E-state index in [9.17, 15) is 95.2 Å². The SMILES string of the molecule is O=C1C(/N=N/c2ccc3c(O)c(/N=N/c4cc(OCCO)c(/N=N/c5ccc(S(=O)(=O)O)c6cc(S(=O)(=O)O)cc(O)c56)cc4OCCO)c(S(=O)(=O)O)cc3c2S(=O)(=O)O)C(OCO)=NN1c1ccc(S(=O)(=O)O)cc1. The molecule has 1 atom stereocenters. The number of anilines is 1. The average Bonchev–Trinajstić information content (AvgIpc) is 3.68. The summed E-state index contributed by atoms with van der Waals surface area (Å²) in [6.07, 6.45) is 0. The first-order valence-electron chi connectivity index (χ1n) is 20.6. The van der Waals surface area contributed by atoms with Gasteiger partial charge in [0.2, 0.25) is 11.9 Å². The van der Waals surface area contributed by atoms with Gasteiger partial charge in [-0.25, -0.2) is 0 Å². The van der Waals surface area contributed by atoms with Crippen LogP contribution in [0.25, 0.3) is 21.5 Å². The summed E-state index contributed by atoms with van der Waals surface area (Å²) in [6.45, 7) is -3.36. The van der Waals surface area contributed by atoms with E-state index in [0.717, 1.165) is 60.7 Å². The van der Waals surface area contributed by atoms with Crippen LogP contribution in [-0.4, -0.2) is 141 Å². The molecular weight excluding hydrogens is 1140 g/mol. The van der Waals surface area contributed by atoms with Crippen LogP contribution in [0.3, 0.4) is 0 Å².